The summed E-state index contributed by atoms with van der Waals surface area (Å²) in [6.45, 7) is 6.05. The molecule has 16 heavy (non-hydrogen) atoms. The van der Waals surface area contributed by atoms with Crippen LogP contribution < -0.4 is 15.2 Å². The van der Waals surface area contributed by atoms with Crippen LogP contribution in [0.5, 0.6) is 11.5 Å². The lowest BCUT2D eigenvalue weighted by Gasteiger charge is -2.16. The average molecular weight is 223 g/mol. The van der Waals surface area contributed by atoms with Crippen molar-refractivity contribution in [3.05, 3.63) is 23.8 Å². The second kappa shape index (κ2) is 5.75. The number of hydrogen-bond donors (Lipinski definition) is 1. The third-order valence-corrected chi connectivity index (χ3v) is 2.42. The van der Waals surface area contributed by atoms with Crippen molar-refractivity contribution in [1.82, 2.24) is 0 Å². The van der Waals surface area contributed by atoms with Crippen molar-refractivity contribution in [3.8, 4) is 11.5 Å². The number of nitrogens with two attached hydrogens (primary N) is 1. The highest BCUT2D eigenvalue weighted by molar-refractivity contribution is 5.43. The Balaban J connectivity index is 2.97. The molecule has 1 aromatic carbocycles. The van der Waals surface area contributed by atoms with E-state index in [0.717, 1.165) is 23.5 Å². The van der Waals surface area contributed by atoms with E-state index in [1.54, 1.807) is 7.11 Å². The van der Waals surface area contributed by atoms with E-state index in [1.165, 1.54) is 0 Å². The van der Waals surface area contributed by atoms with Gasteiger partial charge in [0.15, 0.2) is 11.5 Å². The molecule has 0 aliphatic carbocycles. The summed E-state index contributed by atoms with van der Waals surface area (Å²) in [5, 5.41) is 0. The lowest BCUT2D eigenvalue weighted by atomic mass is 10.1. The normalized spacial score (nSPS) is 12.6. The highest BCUT2D eigenvalue weighted by atomic mass is 16.5. The molecule has 0 aromatic heterocycles. The Labute approximate surface area is 97.6 Å². The van der Waals surface area contributed by atoms with Crippen LogP contribution in [0.1, 0.15) is 38.8 Å². The van der Waals surface area contributed by atoms with E-state index in [4.69, 9.17) is 15.2 Å². The molecule has 0 heterocycles. The predicted molar refractivity (Wildman–Crippen MR) is 66.0 cm³/mol. The van der Waals surface area contributed by atoms with Crippen molar-refractivity contribution in [2.24, 2.45) is 5.73 Å². The Hall–Kier alpha value is -1.22. The number of methoxy groups -OCH3 is 1. The molecule has 0 saturated heterocycles. The molecular weight excluding hydrogens is 202 g/mol. The Kier molecular flexibility index (Phi) is 4.62. The van der Waals surface area contributed by atoms with Gasteiger partial charge in [-0.3, -0.25) is 0 Å². The van der Waals surface area contributed by atoms with Crippen molar-refractivity contribution in [2.45, 2.75) is 39.3 Å². The molecule has 3 heteroatoms. The lowest BCUT2D eigenvalue weighted by molar-refractivity contribution is 0.230. The third kappa shape index (κ3) is 3.14. The molecule has 2 N–H and O–H groups in total. The lowest BCUT2D eigenvalue weighted by Crippen LogP contribution is -2.10. The maximum Gasteiger partial charge on any atom is 0.161 e. The van der Waals surface area contributed by atoms with E-state index in [2.05, 4.69) is 6.92 Å². The van der Waals surface area contributed by atoms with Gasteiger partial charge in [-0.15, -0.1) is 0 Å². The maximum absolute atomic E-state index is 5.97. The van der Waals surface area contributed by atoms with E-state index < -0.39 is 0 Å². The maximum atomic E-state index is 5.97. The van der Waals surface area contributed by atoms with Crippen LogP contribution in [0.25, 0.3) is 0 Å². The van der Waals surface area contributed by atoms with Crippen LogP contribution in [0.2, 0.25) is 0 Å². The van der Waals surface area contributed by atoms with Gasteiger partial charge in [-0.25, -0.2) is 0 Å². The van der Waals surface area contributed by atoms with Gasteiger partial charge in [0.2, 0.25) is 0 Å². The van der Waals surface area contributed by atoms with Gasteiger partial charge in [0.05, 0.1) is 13.2 Å². The van der Waals surface area contributed by atoms with Crippen LogP contribution in [0.4, 0.5) is 0 Å². The summed E-state index contributed by atoms with van der Waals surface area (Å²) in [6.07, 6.45) is 1.05. The molecule has 1 rings (SSSR count). The van der Waals surface area contributed by atoms with E-state index in [-0.39, 0.29) is 12.1 Å². The zero-order chi connectivity index (χ0) is 12.1. The topological polar surface area (TPSA) is 44.5 Å². The number of ether oxygens (including phenoxy) is 2. The van der Waals surface area contributed by atoms with Crippen molar-refractivity contribution in [1.29, 1.82) is 0 Å². The van der Waals surface area contributed by atoms with E-state index >= 15 is 0 Å². The summed E-state index contributed by atoms with van der Waals surface area (Å²) in [7, 11) is 1.64. The first-order chi connectivity index (χ1) is 7.58. The van der Waals surface area contributed by atoms with Gasteiger partial charge in [0, 0.05) is 6.04 Å². The molecule has 0 radical (unpaired) electrons. The third-order valence-electron chi connectivity index (χ3n) is 2.42. The molecule has 0 fully saturated rings. The first-order valence-electron chi connectivity index (χ1n) is 5.68. The highest BCUT2D eigenvalue weighted by Gasteiger charge is 2.10. The van der Waals surface area contributed by atoms with Crippen LogP contribution >= 0.6 is 0 Å². The largest absolute Gasteiger partial charge is 0.493 e. The molecule has 1 aromatic rings. The van der Waals surface area contributed by atoms with E-state index in [0.29, 0.717) is 0 Å². The zero-order valence-electron chi connectivity index (χ0n) is 10.5. The van der Waals surface area contributed by atoms with Gasteiger partial charge in [-0.05, 0) is 38.0 Å². The van der Waals surface area contributed by atoms with Crippen LogP contribution in [0.3, 0.4) is 0 Å². The molecule has 0 spiro atoms. The van der Waals surface area contributed by atoms with Crippen molar-refractivity contribution in [2.75, 3.05) is 7.11 Å². The van der Waals surface area contributed by atoms with Crippen LogP contribution in [-0.2, 0) is 0 Å². The van der Waals surface area contributed by atoms with Gasteiger partial charge in [-0.2, -0.15) is 0 Å². The molecule has 0 aliphatic rings. The standard InChI is InChI=1S/C13H21NO2/c1-5-11(14)10-6-7-12(16-9(2)3)13(8-10)15-4/h6-9,11H,5,14H2,1-4H3. The fourth-order valence-corrected chi connectivity index (χ4v) is 1.50. The van der Waals surface area contributed by atoms with Gasteiger partial charge >= 0.3 is 0 Å². The molecule has 1 atom stereocenters. The second-order valence-corrected chi connectivity index (χ2v) is 4.09. The molecule has 0 bridgehead atoms. The summed E-state index contributed by atoms with van der Waals surface area (Å²) >= 11 is 0. The van der Waals surface area contributed by atoms with Gasteiger partial charge in [-0.1, -0.05) is 13.0 Å². The fourth-order valence-electron chi connectivity index (χ4n) is 1.50. The Morgan fingerprint density at radius 2 is 1.94 bits per heavy atom. The number of rotatable bonds is 5. The molecule has 0 aliphatic heterocycles. The minimum Gasteiger partial charge on any atom is -0.493 e. The quantitative estimate of drug-likeness (QED) is 0.834. The van der Waals surface area contributed by atoms with Gasteiger partial charge in [0.1, 0.15) is 0 Å². The van der Waals surface area contributed by atoms with Gasteiger partial charge in [0.25, 0.3) is 0 Å². The highest BCUT2D eigenvalue weighted by Crippen LogP contribution is 2.31. The minimum atomic E-state index is 0.0574. The minimum absolute atomic E-state index is 0.0574. The monoisotopic (exact) mass is 223 g/mol. The molecule has 90 valence electrons. The summed E-state index contributed by atoms with van der Waals surface area (Å²) in [5.74, 6) is 1.51. The molecule has 0 amide bonds. The first-order valence-corrected chi connectivity index (χ1v) is 5.68. The Morgan fingerprint density at radius 3 is 2.44 bits per heavy atom. The molecular formula is C13H21NO2. The summed E-state index contributed by atoms with van der Waals surface area (Å²) in [6, 6.07) is 5.92. The van der Waals surface area contributed by atoms with Crippen LogP contribution in [0.15, 0.2) is 18.2 Å². The van der Waals surface area contributed by atoms with Crippen LogP contribution in [0, 0.1) is 0 Å². The summed E-state index contributed by atoms with van der Waals surface area (Å²) in [4.78, 5) is 0. The summed E-state index contributed by atoms with van der Waals surface area (Å²) in [5.41, 5.74) is 7.05. The van der Waals surface area contributed by atoms with Crippen LogP contribution in [-0.4, -0.2) is 13.2 Å². The van der Waals surface area contributed by atoms with Crippen molar-refractivity contribution in [3.63, 3.8) is 0 Å². The van der Waals surface area contributed by atoms with Gasteiger partial charge < -0.3 is 15.2 Å². The Bertz CT molecular complexity index is 337. The average Bonchev–Trinajstić information content (AvgIpc) is 2.27. The van der Waals surface area contributed by atoms with Crippen molar-refractivity contribution >= 4 is 0 Å². The SMILES string of the molecule is CCC(N)c1ccc(OC(C)C)c(OC)c1. The molecule has 3 nitrogen and oxygen atoms in total. The zero-order valence-corrected chi connectivity index (χ0v) is 10.5. The molecule has 0 saturated carbocycles. The smallest absolute Gasteiger partial charge is 0.161 e. The van der Waals surface area contributed by atoms with E-state index in [9.17, 15) is 0 Å². The first kappa shape index (κ1) is 12.8. The predicted octanol–water partition coefficient (Wildman–Crippen LogP) is 2.89. The van der Waals surface area contributed by atoms with E-state index in [1.807, 2.05) is 32.0 Å². The summed E-state index contributed by atoms with van der Waals surface area (Å²) < 4.78 is 10.9. The van der Waals surface area contributed by atoms with Crippen molar-refractivity contribution < 1.29 is 9.47 Å². The Morgan fingerprint density at radius 1 is 1.25 bits per heavy atom. The second-order valence-electron chi connectivity index (χ2n) is 4.09. The number of hydrogen-bond acceptors (Lipinski definition) is 3. The number of benzene rings is 1. The fraction of sp³-hybridized carbons (Fsp3) is 0.538. The molecule has 1 unspecified atom stereocenters.